The zero-order chi connectivity index (χ0) is 37.4. The van der Waals surface area contributed by atoms with Gasteiger partial charge in [0, 0.05) is 35.5 Å². The molecule has 54 heavy (non-hydrogen) atoms. The minimum atomic E-state index is -4.14. The fourth-order valence-electron chi connectivity index (χ4n) is 14.3. The van der Waals surface area contributed by atoms with Crippen LogP contribution >= 0.6 is 12.0 Å². The molecule has 13 aliphatic rings. The van der Waals surface area contributed by atoms with Gasteiger partial charge in [-0.1, -0.05) is 5.04 Å². The van der Waals surface area contributed by atoms with Gasteiger partial charge in [-0.15, -0.1) is 4.33 Å². The standard InChI is InChI=1S/C38H46F2O13S/c39-38(40,54-53-52-46)33(45)51-36-9-20-5-25(14-36)37(26(6-20)15-36)49-27(16-47-31(43)34-7-18-1-21(10-34)29(41)22(2-18)11-34)28(50-37)17-48-32(44)35-8-19-3-23(12-35)30(42)24(4-19)13-35/h18-28,46H,1-17H2. The molecule has 16 heteroatoms. The summed E-state index contributed by atoms with van der Waals surface area (Å²) in [4.78, 5) is 66.2. The van der Waals surface area contributed by atoms with E-state index in [2.05, 4.69) is 9.37 Å². The third-order valence-corrected chi connectivity index (χ3v) is 16.2. The van der Waals surface area contributed by atoms with Crippen molar-refractivity contribution in [3.8, 4) is 0 Å². The molecule has 8 unspecified atom stereocenters. The molecular weight excluding hydrogens is 734 g/mol. The van der Waals surface area contributed by atoms with Crippen LogP contribution in [0.15, 0.2) is 0 Å². The normalized spacial score (nSPS) is 48.9. The number of carbonyl (C=O) groups is 5. The predicted octanol–water partition coefficient (Wildman–Crippen LogP) is 5.13. The van der Waals surface area contributed by atoms with Crippen molar-refractivity contribution in [1.82, 2.24) is 0 Å². The molecule has 13 fully saturated rings. The van der Waals surface area contributed by atoms with Crippen molar-refractivity contribution in [3.05, 3.63) is 0 Å². The highest BCUT2D eigenvalue weighted by atomic mass is 32.2. The van der Waals surface area contributed by atoms with Crippen LogP contribution in [-0.2, 0) is 57.0 Å². The van der Waals surface area contributed by atoms with E-state index < -0.39 is 57.7 Å². The fraction of sp³-hybridized carbons (Fsp3) is 0.868. The van der Waals surface area contributed by atoms with Crippen molar-refractivity contribution in [2.45, 2.75) is 125 Å². The first-order chi connectivity index (χ1) is 25.7. The molecule has 1 heterocycles. The van der Waals surface area contributed by atoms with Gasteiger partial charge < -0.3 is 23.7 Å². The van der Waals surface area contributed by atoms with Gasteiger partial charge in [-0.2, -0.15) is 8.78 Å². The SMILES string of the molecule is O=C1C2CC3CC1CC(C(=O)OCC1OC4(OC1COC(=O)C15CC6CC(C1)C(=O)C(C6)C5)C1CC5CC4CC(OC(=O)C(F)(F)SOOO)(C5)C1)(C3)C2. The topological polar surface area (TPSA) is 170 Å². The third-order valence-electron chi connectivity index (χ3n) is 15.7. The Hall–Kier alpha value is -2.24. The Kier molecular flexibility index (Phi) is 8.28. The number of hydrogen-bond donors (Lipinski definition) is 1. The molecule has 1 N–H and O–H groups in total. The molecule has 0 aromatic rings. The molecule has 13 nitrogen and oxygen atoms in total. The van der Waals surface area contributed by atoms with Crippen LogP contribution in [-0.4, -0.2) is 76.8 Å². The lowest BCUT2D eigenvalue weighted by Gasteiger charge is -2.62. The van der Waals surface area contributed by atoms with E-state index in [1.165, 1.54) is 0 Å². The summed E-state index contributed by atoms with van der Waals surface area (Å²) in [6.07, 6.45) is 7.23. The van der Waals surface area contributed by atoms with Crippen molar-refractivity contribution >= 4 is 41.5 Å². The second-order valence-electron chi connectivity index (χ2n) is 18.9. The van der Waals surface area contributed by atoms with Crippen molar-refractivity contribution in [2.75, 3.05) is 13.2 Å². The quantitative estimate of drug-likeness (QED) is 0.0963. The maximum absolute atomic E-state index is 14.5. The Bertz CT molecular complexity index is 1520. The lowest BCUT2D eigenvalue weighted by atomic mass is 9.49. The fourth-order valence-corrected chi connectivity index (χ4v) is 14.5. The van der Waals surface area contributed by atoms with Gasteiger partial charge in [0.2, 0.25) is 0 Å². The van der Waals surface area contributed by atoms with Crippen LogP contribution < -0.4 is 0 Å². The van der Waals surface area contributed by atoms with Gasteiger partial charge in [-0.3, -0.25) is 19.2 Å². The molecule has 12 aliphatic carbocycles. The molecule has 12 bridgehead atoms. The van der Waals surface area contributed by atoms with Crippen LogP contribution in [0, 0.1) is 64.1 Å². The van der Waals surface area contributed by atoms with Crippen molar-refractivity contribution in [3.63, 3.8) is 0 Å². The highest BCUT2D eigenvalue weighted by molar-refractivity contribution is 7.96. The van der Waals surface area contributed by atoms with Gasteiger partial charge in [0.25, 0.3) is 0 Å². The molecule has 296 valence electrons. The first-order valence-corrected chi connectivity index (χ1v) is 20.5. The molecular formula is C38H46F2O13S. The molecule has 0 aromatic heterocycles. The number of ketones is 2. The van der Waals surface area contributed by atoms with Gasteiger partial charge in [0.1, 0.15) is 54.6 Å². The Labute approximate surface area is 314 Å². The summed E-state index contributed by atoms with van der Waals surface area (Å²) in [6, 6.07) is 0. The van der Waals surface area contributed by atoms with Gasteiger partial charge >= 0.3 is 23.2 Å². The number of hydrogen-bond acceptors (Lipinski definition) is 14. The first kappa shape index (κ1) is 36.1. The zero-order valence-electron chi connectivity index (χ0n) is 29.9. The molecule has 13 rings (SSSR count). The summed E-state index contributed by atoms with van der Waals surface area (Å²) in [5.74, 6) is -3.51. The molecule has 0 radical (unpaired) electrons. The number of alkyl halides is 2. The predicted molar refractivity (Wildman–Crippen MR) is 176 cm³/mol. The molecule has 0 amide bonds. The van der Waals surface area contributed by atoms with Crippen molar-refractivity contribution < 1.29 is 71.1 Å². The Morgan fingerprint density at radius 2 is 1.13 bits per heavy atom. The van der Waals surface area contributed by atoms with E-state index in [-0.39, 0.29) is 91.0 Å². The van der Waals surface area contributed by atoms with E-state index >= 15 is 0 Å². The van der Waals surface area contributed by atoms with Crippen LogP contribution in [0.5, 0.6) is 0 Å². The number of esters is 3. The van der Waals surface area contributed by atoms with Crippen LogP contribution in [0.25, 0.3) is 0 Å². The summed E-state index contributed by atoms with van der Waals surface area (Å²) in [6.45, 7) is -0.298. The summed E-state index contributed by atoms with van der Waals surface area (Å²) in [7, 11) is 0. The zero-order valence-corrected chi connectivity index (χ0v) is 30.7. The van der Waals surface area contributed by atoms with E-state index in [1.54, 1.807) is 0 Å². The second kappa shape index (κ2) is 12.4. The first-order valence-electron chi connectivity index (χ1n) is 19.8. The largest absolute Gasteiger partial charge is 0.462 e. The summed E-state index contributed by atoms with van der Waals surface area (Å²) >= 11 is -0.660. The minimum absolute atomic E-state index is 0.0668. The third kappa shape index (κ3) is 5.49. The van der Waals surface area contributed by atoms with Crippen molar-refractivity contribution in [1.29, 1.82) is 0 Å². The molecule has 1 aliphatic heterocycles. The molecule has 1 saturated heterocycles. The van der Waals surface area contributed by atoms with E-state index in [9.17, 15) is 32.8 Å². The average molecular weight is 781 g/mol. The second-order valence-corrected chi connectivity index (χ2v) is 19.8. The van der Waals surface area contributed by atoms with Crippen LogP contribution in [0.1, 0.15) is 96.3 Å². The molecule has 1 spiro atoms. The monoisotopic (exact) mass is 780 g/mol. The maximum Gasteiger partial charge on any atom is 0.415 e. The number of Topliss-reactive ketones (excluding diaryl/α,β-unsaturated/α-hetero) is 2. The van der Waals surface area contributed by atoms with Gasteiger partial charge in [-0.05, 0) is 114 Å². The molecule has 0 aromatic carbocycles. The average Bonchev–Trinajstić information content (AvgIpc) is 3.50. The van der Waals surface area contributed by atoms with Gasteiger partial charge in [0.05, 0.1) is 10.8 Å². The Morgan fingerprint density at radius 3 is 1.57 bits per heavy atom. The Morgan fingerprint density at radius 1 is 0.685 bits per heavy atom. The van der Waals surface area contributed by atoms with E-state index in [0.29, 0.717) is 69.6 Å². The highest BCUT2D eigenvalue weighted by Gasteiger charge is 2.70. The van der Waals surface area contributed by atoms with E-state index in [4.69, 9.17) is 28.9 Å². The smallest absolute Gasteiger partial charge is 0.415 e. The van der Waals surface area contributed by atoms with Crippen molar-refractivity contribution in [2.24, 2.45) is 64.1 Å². The van der Waals surface area contributed by atoms with Gasteiger partial charge in [0.15, 0.2) is 5.79 Å². The number of rotatable bonds is 11. The Balaban J connectivity index is 0.872. The van der Waals surface area contributed by atoms with E-state index in [0.717, 1.165) is 25.7 Å². The lowest BCUT2D eigenvalue weighted by molar-refractivity contribution is -0.433. The number of ether oxygens (including phenoxy) is 5. The highest BCUT2D eigenvalue weighted by Crippen LogP contribution is 2.65. The molecule has 8 atom stereocenters. The van der Waals surface area contributed by atoms with Crippen LogP contribution in [0.2, 0.25) is 0 Å². The van der Waals surface area contributed by atoms with E-state index in [1.807, 2.05) is 0 Å². The summed E-state index contributed by atoms with van der Waals surface area (Å²) in [5.41, 5.74) is -2.59. The minimum Gasteiger partial charge on any atom is -0.462 e. The summed E-state index contributed by atoms with van der Waals surface area (Å²) in [5, 5.41) is 7.45. The van der Waals surface area contributed by atoms with Crippen LogP contribution in [0.4, 0.5) is 8.78 Å². The number of carbonyl (C=O) groups excluding carboxylic acids is 5. The summed E-state index contributed by atoms with van der Waals surface area (Å²) < 4.78 is 64.3. The molecule has 12 saturated carbocycles. The van der Waals surface area contributed by atoms with Gasteiger partial charge in [-0.25, -0.2) is 10.1 Å². The number of halogens is 2. The van der Waals surface area contributed by atoms with Crippen LogP contribution in [0.3, 0.4) is 0 Å². The lowest BCUT2D eigenvalue weighted by Crippen LogP contribution is -2.65. The maximum atomic E-state index is 14.5.